The molecule has 0 saturated carbocycles. The van der Waals surface area contributed by atoms with E-state index < -0.39 is 0 Å². The van der Waals surface area contributed by atoms with E-state index in [4.69, 9.17) is 0 Å². The van der Waals surface area contributed by atoms with Gasteiger partial charge in [0.25, 0.3) is 11.8 Å². The summed E-state index contributed by atoms with van der Waals surface area (Å²) in [5.74, 6) is -0.790. The molecule has 3 aromatic rings. The highest BCUT2D eigenvalue weighted by Gasteiger charge is 2.26. The van der Waals surface area contributed by atoms with Crippen LogP contribution in [0.2, 0.25) is 0 Å². The maximum absolute atomic E-state index is 12.9. The van der Waals surface area contributed by atoms with E-state index in [9.17, 15) is 14.4 Å². The van der Waals surface area contributed by atoms with Crippen LogP contribution in [0.3, 0.4) is 0 Å². The van der Waals surface area contributed by atoms with Gasteiger partial charge in [0.1, 0.15) is 0 Å². The zero-order valence-corrected chi connectivity index (χ0v) is 19.3. The molecule has 0 saturated heterocycles. The first-order chi connectivity index (χ1) is 16.3. The molecule has 1 atom stereocenters. The van der Waals surface area contributed by atoms with Crippen molar-refractivity contribution in [3.63, 3.8) is 0 Å². The van der Waals surface area contributed by atoms with Gasteiger partial charge in [-0.25, -0.2) is 0 Å². The number of carbonyl (C=O) groups is 3. The van der Waals surface area contributed by atoms with Crippen molar-refractivity contribution in [2.45, 2.75) is 26.8 Å². The summed E-state index contributed by atoms with van der Waals surface area (Å²) in [5.41, 5.74) is 6.10. The molecule has 0 spiro atoms. The van der Waals surface area contributed by atoms with Crippen LogP contribution in [-0.4, -0.2) is 22.7 Å². The van der Waals surface area contributed by atoms with Crippen molar-refractivity contribution >= 4 is 40.7 Å². The summed E-state index contributed by atoms with van der Waals surface area (Å²) in [5, 5.41) is 8.64. The minimum absolute atomic E-state index is 0.162. The third-order valence-electron chi connectivity index (χ3n) is 5.91. The first kappa shape index (κ1) is 22.8. The Morgan fingerprint density at radius 2 is 1.82 bits per heavy atom. The molecule has 0 aliphatic carbocycles. The Bertz CT molecular complexity index is 1340. The van der Waals surface area contributed by atoms with Gasteiger partial charge in [0, 0.05) is 28.2 Å². The van der Waals surface area contributed by atoms with Crippen molar-refractivity contribution in [1.29, 1.82) is 0 Å². The lowest BCUT2D eigenvalue weighted by Crippen LogP contribution is -2.26. The lowest BCUT2D eigenvalue weighted by atomic mass is 10.0. The Hall–Kier alpha value is -4.39. The van der Waals surface area contributed by atoms with Crippen LogP contribution in [0, 0.1) is 13.8 Å². The van der Waals surface area contributed by atoms with Gasteiger partial charge in [-0.15, -0.1) is 0 Å². The Labute approximate surface area is 198 Å². The minimum Gasteiger partial charge on any atom is -0.357 e. The van der Waals surface area contributed by atoms with Gasteiger partial charge in [-0.05, 0) is 62.2 Å². The van der Waals surface area contributed by atoms with Crippen molar-refractivity contribution in [2.24, 2.45) is 0 Å². The van der Waals surface area contributed by atoms with Gasteiger partial charge in [-0.1, -0.05) is 36.9 Å². The zero-order chi connectivity index (χ0) is 24.4. The fourth-order valence-corrected chi connectivity index (χ4v) is 4.00. The van der Waals surface area contributed by atoms with Gasteiger partial charge in [-0.3, -0.25) is 14.4 Å². The number of aryl methyl sites for hydroxylation is 1. The molecule has 1 unspecified atom stereocenters. The highest BCUT2D eigenvalue weighted by Crippen LogP contribution is 2.35. The Morgan fingerprint density at radius 1 is 1.09 bits per heavy atom. The summed E-state index contributed by atoms with van der Waals surface area (Å²) in [6, 6.07) is 14.7. The molecule has 2 aromatic carbocycles. The zero-order valence-electron chi connectivity index (χ0n) is 19.3. The first-order valence-electron chi connectivity index (χ1n) is 10.9. The molecule has 172 valence electrons. The number of anilines is 2. The molecule has 1 aliphatic heterocycles. The van der Waals surface area contributed by atoms with Crippen molar-refractivity contribution < 1.29 is 14.4 Å². The third-order valence-corrected chi connectivity index (χ3v) is 5.91. The number of fused-ring (bicyclic) bond motifs is 1. The van der Waals surface area contributed by atoms with E-state index in [0.29, 0.717) is 33.8 Å². The molecular formula is C27H26N4O3. The van der Waals surface area contributed by atoms with Crippen LogP contribution in [0.25, 0.3) is 11.6 Å². The van der Waals surface area contributed by atoms with Crippen LogP contribution in [0.5, 0.6) is 0 Å². The second kappa shape index (κ2) is 9.23. The average Bonchev–Trinajstić information content (AvgIpc) is 3.29. The first-order valence-corrected chi connectivity index (χ1v) is 10.9. The number of hydrogen-bond donors (Lipinski definition) is 4. The van der Waals surface area contributed by atoms with Gasteiger partial charge < -0.3 is 20.9 Å². The van der Waals surface area contributed by atoms with Crippen LogP contribution in [0.1, 0.15) is 51.4 Å². The lowest BCUT2D eigenvalue weighted by Gasteiger charge is -2.14. The maximum Gasteiger partial charge on any atom is 0.256 e. The van der Waals surface area contributed by atoms with Gasteiger partial charge in [-0.2, -0.15) is 0 Å². The average molecular weight is 455 g/mol. The number of rotatable bonds is 6. The van der Waals surface area contributed by atoms with Gasteiger partial charge in [0.05, 0.1) is 17.3 Å². The van der Waals surface area contributed by atoms with Gasteiger partial charge in [0.15, 0.2) is 0 Å². The molecular weight excluding hydrogens is 428 g/mol. The third kappa shape index (κ3) is 4.41. The molecule has 0 bridgehead atoms. The molecule has 1 aliphatic rings. The Morgan fingerprint density at radius 3 is 2.53 bits per heavy atom. The molecule has 34 heavy (non-hydrogen) atoms. The molecule has 7 nitrogen and oxygen atoms in total. The summed E-state index contributed by atoms with van der Waals surface area (Å²) in [6.07, 6.45) is 2.94. The van der Waals surface area contributed by atoms with Crippen LogP contribution in [0.15, 0.2) is 61.2 Å². The fourth-order valence-electron chi connectivity index (χ4n) is 4.00. The highest BCUT2D eigenvalue weighted by atomic mass is 16.2. The molecule has 4 N–H and O–H groups in total. The van der Waals surface area contributed by atoms with Crippen molar-refractivity contribution in [3.05, 3.63) is 94.8 Å². The number of carbonyl (C=O) groups excluding carboxylic acids is 3. The number of aromatic amines is 1. The molecule has 3 amide bonds. The van der Waals surface area contributed by atoms with Gasteiger partial charge in [0.2, 0.25) is 5.91 Å². The summed E-state index contributed by atoms with van der Waals surface area (Å²) in [7, 11) is 0. The molecule has 2 heterocycles. The van der Waals surface area contributed by atoms with E-state index in [2.05, 4.69) is 27.5 Å². The van der Waals surface area contributed by atoms with Crippen molar-refractivity contribution in [1.82, 2.24) is 10.3 Å². The van der Waals surface area contributed by atoms with Gasteiger partial charge >= 0.3 is 0 Å². The summed E-state index contributed by atoms with van der Waals surface area (Å²) in [6.45, 7) is 9.10. The van der Waals surface area contributed by atoms with E-state index >= 15 is 0 Å². The Balaban J connectivity index is 1.63. The monoisotopic (exact) mass is 454 g/mol. The smallest absolute Gasteiger partial charge is 0.256 e. The molecule has 0 radical (unpaired) electrons. The fraction of sp³-hybridized carbons (Fsp3) is 0.148. The quantitative estimate of drug-likeness (QED) is 0.405. The second-order valence-corrected chi connectivity index (χ2v) is 8.24. The summed E-state index contributed by atoms with van der Waals surface area (Å²) >= 11 is 0. The molecule has 1 aromatic heterocycles. The van der Waals surface area contributed by atoms with E-state index in [0.717, 1.165) is 16.8 Å². The standard InChI is InChI=1S/C27H26N4O3/c1-5-24(32)31-25-15(2)23(28-17(25)4)14-21-20-13-19(11-12-22(20)30-27(21)34)26(33)29-16(3)18-9-7-6-8-10-18/h5-14,16,28H,1H2,2-4H3,(H,29,33)(H,30,34)(H,31,32). The van der Waals surface area contributed by atoms with E-state index in [1.807, 2.05) is 51.1 Å². The van der Waals surface area contributed by atoms with Crippen molar-refractivity contribution in [2.75, 3.05) is 10.6 Å². The Kier molecular flexibility index (Phi) is 6.19. The topological polar surface area (TPSA) is 103 Å². The SMILES string of the molecule is C=CC(=O)Nc1c(C)[nH]c(C=C2C(=O)Nc3ccc(C(=O)NC(C)c4ccccc4)cc32)c1C. The van der Waals surface area contributed by atoms with Crippen LogP contribution < -0.4 is 16.0 Å². The van der Waals surface area contributed by atoms with E-state index in [1.165, 1.54) is 6.08 Å². The predicted octanol–water partition coefficient (Wildman–Crippen LogP) is 4.74. The summed E-state index contributed by atoms with van der Waals surface area (Å²) in [4.78, 5) is 40.6. The lowest BCUT2D eigenvalue weighted by molar-refractivity contribution is -0.112. The molecule has 0 fully saturated rings. The maximum atomic E-state index is 12.9. The van der Waals surface area contributed by atoms with E-state index in [-0.39, 0.29) is 23.8 Å². The van der Waals surface area contributed by atoms with E-state index in [1.54, 1.807) is 24.3 Å². The largest absolute Gasteiger partial charge is 0.357 e. The number of benzene rings is 2. The summed E-state index contributed by atoms with van der Waals surface area (Å²) < 4.78 is 0. The molecule has 4 rings (SSSR count). The highest BCUT2D eigenvalue weighted by molar-refractivity contribution is 6.35. The predicted molar refractivity (Wildman–Crippen MR) is 134 cm³/mol. The molecule has 7 heteroatoms. The van der Waals surface area contributed by atoms with Crippen LogP contribution >= 0.6 is 0 Å². The van der Waals surface area contributed by atoms with Crippen LogP contribution in [0.4, 0.5) is 11.4 Å². The number of H-pyrrole nitrogens is 1. The minimum atomic E-state index is -0.311. The number of hydrogen-bond acceptors (Lipinski definition) is 3. The number of aromatic nitrogens is 1. The van der Waals surface area contributed by atoms with Crippen LogP contribution in [-0.2, 0) is 9.59 Å². The second-order valence-electron chi connectivity index (χ2n) is 8.24. The number of amides is 3. The number of nitrogens with one attached hydrogen (secondary N) is 4. The van der Waals surface area contributed by atoms with Crippen molar-refractivity contribution in [3.8, 4) is 0 Å². The normalized spacial score (nSPS) is 14.3.